The van der Waals surface area contributed by atoms with Gasteiger partial charge in [-0.15, -0.1) is 0 Å². The predicted molar refractivity (Wildman–Crippen MR) is 87.8 cm³/mol. The van der Waals surface area contributed by atoms with Crippen molar-refractivity contribution in [3.05, 3.63) is 45.9 Å². The Morgan fingerprint density at radius 1 is 0.952 bits per heavy atom. The SMILES string of the molecule is CNCc1cc(OC)c(OC)cc1-c1ccc(Cl)cc1Cl. The number of ether oxygens (including phenoxy) is 2. The van der Waals surface area contributed by atoms with Crippen LogP contribution in [0.25, 0.3) is 11.1 Å². The first kappa shape index (κ1) is 16.0. The molecular weight excluding hydrogens is 309 g/mol. The second-order valence-corrected chi connectivity index (χ2v) is 5.36. The lowest BCUT2D eigenvalue weighted by Crippen LogP contribution is -2.07. The van der Waals surface area contributed by atoms with Crippen molar-refractivity contribution < 1.29 is 9.47 Å². The number of nitrogens with one attached hydrogen (secondary N) is 1. The van der Waals surface area contributed by atoms with Crippen molar-refractivity contribution in [2.24, 2.45) is 0 Å². The summed E-state index contributed by atoms with van der Waals surface area (Å²) in [5.74, 6) is 1.36. The largest absolute Gasteiger partial charge is 0.493 e. The van der Waals surface area contributed by atoms with Crippen LogP contribution in [0.1, 0.15) is 5.56 Å². The van der Waals surface area contributed by atoms with E-state index in [1.54, 1.807) is 20.3 Å². The van der Waals surface area contributed by atoms with Gasteiger partial charge in [0.25, 0.3) is 0 Å². The molecule has 2 aromatic rings. The van der Waals surface area contributed by atoms with Crippen LogP contribution in [0.3, 0.4) is 0 Å². The summed E-state index contributed by atoms with van der Waals surface area (Å²) in [7, 11) is 5.13. The van der Waals surface area contributed by atoms with Crippen molar-refractivity contribution in [3.63, 3.8) is 0 Å². The van der Waals surface area contributed by atoms with Gasteiger partial charge in [0.15, 0.2) is 11.5 Å². The molecule has 0 heterocycles. The van der Waals surface area contributed by atoms with Gasteiger partial charge < -0.3 is 14.8 Å². The van der Waals surface area contributed by atoms with Gasteiger partial charge >= 0.3 is 0 Å². The fraction of sp³-hybridized carbons (Fsp3) is 0.250. The summed E-state index contributed by atoms with van der Waals surface area (Å²) in [6, 6.07) is 9.35. The lowest BCUT2D eigenvalue weighted by Gasteiger charge is -2.16. The van der Waals surface area contributed by atoms with Crippen LogP contribution in [0.5, 0.6) is 11.5 Å². The second kappa shape index (κ2) is 7.03. The molecule has 0 fully saturated rings. The molecule has 5 heteroatoms. The number of hydrogen-bond acceptors (Lipinski definition) is 3. The fourth-order valence-corrected chi connectivity index (χ4v) is 2.73. The fourth-order valence-electron chi connectivity index (χ4n) is 2.22. The Balaban J connectivity index is 2.64. The Bertz CT molecular complexity index is 644. The minimum absolute atomic E-state index is 0.604. The average Bonchev–Trinajstić information content (AvgIpc) is 2.47. The third-order valence-electron chi connectivity index (χ3n) is 3.20. The van der Waals surface area contributed by atoms with Crippen molar-refractivity contribution in [1.82, 2.24) is 5.32 Å². The maximum atomic E-state index is 6.33. The predicted octanol–water partition coefficient (Wildman–Crippen LogP) is 4.40. The topological polar surface area (TPSA) is 30.5 Å². The van der Waals surface area contributed by atoms with Crippen LogP contribution in [0.2, 0.25) is 10.0 Å². The number of halogens is 2. The second-order valence-electron chi connectivity index (χ2n) is 4.52. The number of hydrogen-bond donors (Lipinski definition) is 1. The highest BCUT2D eigenvalue weighted by Gasteiger charge is 2.14. The van der Waals surface area contributed by atoms with Crippen molar-refractivity contribution in [1.29, 1.82) is 0 Å². The van der Waals surface area contributed by atoms with Crippen molar-refractivity contribution in [2.75, 3.05) is 21.3 Å². The van der Waals surface area contributed by atoms with E-state index in [1.807, 2.05) is 31.3 Å². The molecule has 0 amide bonds. The molecule has 0 spiro atoms. The molecule has 0 saturated carbocycles. The normalized spacial score (nSPS) is 10.5. The lowest BCUT2D eigenvalue weighted by molar-refractivity contribution is 0.354. The van der Waals surface area contributed by atoms with E-state index in [0.717, 1.165) is 16.7 Å². The van der Waals surface area contributed by atoms with E-state index in [9.17, 15) is 0 Å². The molecule has 0 saturated heterocycles. The highest BCUT2D eigenvalue weighted by Crippen LogP contribution is 2.39. The summed E-state index contributed by atoms with van der Waals surface area (Å²) in [4.78, 5) is 0. The molecule has 0 aliphatic heterocycles. The summed E-state index contributed by atoms with van der Waals surface area (Å²) in [5, 5.41) is 4.36. The first-order valence-electron chi connectivity index (χ1n) is 6.45. The van der Waals surface area contributed by atoms with Gasteiger partial charge in [-0.3, -0.25) is 0 Å². The van der Waals surface area contributed by atoms with Gasteiger partial charge in [-0.25, -0.2) is 0 Å². The quantitative estimate of drug-likeness (QED) is 0.883. The maximum absolute atomic E-state index is 6.33. The first-order valence-corrected chi connectivity index (χ1v) is 7.21. The van der Waals surface area contributed by atoms with Crippen LogP contribution in [0.15, 0.2) is 30.3 Å². The Hall–Kier alpha value is -1.42. The molecule has 2 aromatic carbocycles. The van der Waals surface area contributed by atoms with Crippen LogP contribution in [0, 0.1) is 0 Å². The van der Waals surface area contributed by atoms with Crippen LogP contribution in [-0.4, -0.2) is 21.3 Å². The van der Waals surface area contributed by atoms with Gasteiger partial charge in [0.2, 0.25) is 0 Å². The van der Waals surface area contributed by atoms with Gasteiger partial charge in [0, 0.05) is 22.2 Å². The molecule has 0 aliphatic carbocycles. The monoisotopic (exact) mass is 325 g/mol. The van der Waals surface area contributed by atoms with Gasteiger partial charge in [-0.2, -0.15) is 0 Å². The Kier molecular flexibility index (Phi) is 5.34. The molecule has 0 atom stereocenters. The third-order valence-corrected chi connectivity index (χ3v) is 3.75. The van der Waals surface area contributed by atoms with Gasteiger partial charge in [0.05, 0.1) is 14.2 Å². The van der Waals surface area contributed by atoms with Gasteiger partial charge in [-0.1, -0.05) is 29.3 Å². The van der Waals surface area contributed by atoms with Crippen LogP contribution >= 0.6 is 23.2 Å². The van der Waals surface area contributed by atoms with E-state index < -0.39 is 0 Å². The van der Waals surface area contributed by atoms with Crippen molar-refractivity contribution >= 4 is 23.2 Å². The smallest absolute Gasteiger partial charge is 0.161 e. The van der Waals surface area contributed by atoms with Crippen LogP contribution in [-0.2, 0) is 6.54 Å². The molecule has 0 aromatic heterocycles. The van der Waals surface area contributed by atoms with Crippen molar-refractivity contribution in [3.8, 4) is 22.6 Å². The zero-order valence-corrected chi connectivity index (χ0v) is 13.7. The minimum Gasteiger partial charge on any atom is -0.493 e. The zero-order valence-electron chi connectivity index (χ0n) is 12.2. The van der Waals surface area contributed by atoms with E-state index in [0.29, 0.717) is 28.1 Å². The average molecular weight is 326 g/mol. The Morgan fingerprint density at radius 2 is 1.62 bits per heavy atom. The summed E-state index contributed by atoms with van der Waals surface area (Å²) in [5.41, 5.74) is 2.97. The van der Waals surface area contributed by atoms with E-state index >= 15 is 0 Å². The van der Waals surface area contributed by atoms with Gasteiger partial charge in [0.1, 0.15) is 0 Å². The van der Waals surface area contributed by atoms with E-state index in [4.69, 9.17) is 32.7 Å². The molecule has 21 heavy (non-hydrogen) atoms. The molecule has 0 bridgehead atoms. The number of rotatable bonds is 5. The molecule has 0 aliphatic rings. The molecule has 0 unspecified atom stereocenters. The zero-order chi connectivity index (χ0) is 15.4. The molecule has 0 radical (unpaired) electrons. The van der Waals surface area contributed by atoms with Crippen LogP contribution in [0.4, 0.5) is 0 Å². The molecule has 2 rings (SSSR count). The maximum Gasteiger partial charge on any atom is 0.161 e. The molecular formula is C16H17Cl2NO2. The molecule has 3 nitrogen and oxygen atoms in total. The van der Waals surface area contributed by atoms with Crippen molar-refractivity contribution in [2.45, 2.75) is 6.54 Å². The molecule has 112 valence electrons. The lowest BCUT2D eigenvalue weighted by atomic mass is 9.98. The Labute approximate surface area is 134 Å². The Morgan fingerprint density at radius 3 is 2.19 bits per heavy atom. The number of methoxy groups -OCH3 is 2. The van der Waals surface area contributed by atoms with E-state index in [2.05, 4.69) is 5.32 Å². The molecule has 1 N–H and O–H groups in total. The first-order chi connectivity index (χ1) is 10.1. The summed E-state index contributed by atoms with van der Waals surface area (Å²) >= 11 is 12.3. The van der Waals surface area contributed by atoms with Crippen LogP contribution < -0.4 is 14.8 Å². The van der Waals surface area contributed by atoms with E-state index in [1.165, 1.54) is 0 Å². The number of benzene rings is 2. The highest BCUT2D eigenvalue weighted by atomic mass is 35.5. The van der Waals surface area contributed by atoms with Gasteiger partial charge in [-0.05, 0) is 42.4 Å². The standard InChI is InChI=1S/C16H17Cl2NO2/c1-19-9-10-6-15(20-2)16(21-3)8-13(10)12-5-4-11(17)7-14(12)18/h4-8,19H,9H2,1-3H3. The third kappa shape index (κ3) is 3.43. The summed E-state index contributed by atoms with van der Waals surface area (Å²) in [6.45, 7) is 0.689. The summed E-state index contributed by atoms with van der Waals surface area (Å²) in [6.07, 6.45) is 0. The summed E-state index contributed by atoms with van der Waals surface area (Å²) < 4.78 is 10.7. The van der Waals surface area contributed by atoms with E-state index in [-0.39, 0.29) is 0 Å². The highest BCUT2D eigenvalue weighted by molar-refractivity contribution is 6.36. The minimum atomic E-state index is 0.604.